The van der Waals surface area contributed by atoms with Crippen LogP contribution < -0.4 is 5.32 Å². The molecule has 1 N–H and O–H groups in total. The van der Waals surface area contributed by atoms with E-state index in [0.29, 0.717) is 0 Å². The highest BCUT2D eigenvalue weighted by Gasteiger charge is 2.31. The number of hydrogen-bond acceptors (Lipinski definition) is 6. The summed E-state index contributed by atoms with van der Waals surface area (Å²) in [4.78, 5) is 40.4. The lowest BCUT2D eigenvalue weighted by atomic mass is 9.98. The van der Waals surface area contributed by atoms with Crippen molar-refractivity contribution in [1.82, 2.24) is 5.32 Å². The highest BCUT2D eigenvalue weighted by molar-refractivity contribution is 5.83. The van der Waals surface area contributed by atoms with E-state index in [0.717, 1.165) is 67.2 Å². The Labute approximate surface area is 409 Å². The molecule has 1 amide bonds. The number of esters is 2. The fourth-order valence-electron chi connectivity index (χ4n) is 9.26. The first-order chi connectivity index (χ1) is 32.6. The molecule has 0 saturated heterocycles. The molecule has 0 heterocycles. The summed E-state index contributed by atoms with van der Waals surface area (Å²) in [5.41, 5.74) is 3.85. The summed E-state index contributed by atoms with van der Waals surface area (Å²) >= 11 is 0. The monoisotopic (exact) mass is 926 g/mol. The van der Waals surface area contributed by atoms with E-state index < -0.39 is 29.7 Å². The predicted octanol–water partition coefficient (Wildman–Crippen LogP) is 17.4. The average Bonchev–Trinajstić information content (AvgIpc) is 3.63. The van der Waals surface area contributed by atoms with Gasteiger partial charge in [-0.3, -0.25) is 4.79 Å². The second-order valence-corrected chi connectivity index (χ2v) is 20.3. The number of carbonyl (C=O) groups excluding carboxylic acids is 3. The summed E-state index contributed by atoms with van der Waals surface area (Å²) in [6.45, 7) is 10.1. The Morgan fingerprint density at radius 3 is 1.39 bits per heavy atom. The molecule has 67 heavy (non-hydrogen) atoms. The molecule has 2 aromatic carbocycles. The number of fused-ring (bicyclic) bond motifs is 3. The van der Waals surface area contributed by atoms with E-state index in [1.54, 1.807) is 0 Å². The van der Waals surface area contributed by atoms with Crippen LogP contribution in [0.1, 0.15) is 251 Å². The molecule has 0 spiro atoms. The number of benzene rings is 2. The molecular weight excluding hydrogens is 831 g/mol. The standard InChI is InChI=1S/C60H95NO6/c1-6-8-10-12-14-16-18-20-22-24-26-28-30-32-34-36-42-50(41-35-33-31-29-27-25-23-21-19-17-15-13-11-9-7-2)66-58(63)56(47-48-57(62)67-60(3,4)5)61-59(64)65-49-55-53-45-39-37-43-51(53)52-44-38-40-46-54(52)55/h20-23,37-40,43-46,50,55-56H,6-19,24-36,41-42,47-49H2,1-5H3,(H,61,64)/b22-20-,23-21-/t50?,56-/m0/s1. The Balaban J connectivity index is 1.52. The van der Waals surface area contributed by atoms with Gasteiger partial charge in [0.2, 0.25) is 0 Å². The molecule has 1 aliphatic rings. The molecule has 376 valence electrons. The Morgan fingerprint density at radius 2 is 0.955 bits per heavy atom. The minimum atomic E-state index is -1.04. The summed E-state index contributed by atoms with van der Waals surface area (Å²) < 4.78 is 17.7. The van der Waals surface area contributed by atoms with Gasteiger partial charge in [-0.2, -0.15) is 0 Å². The van der Waals surface area contributed by atoms with Crippen molar-refractivity contribution in [2.45, 2.75) is 257 Å². The van der Waals surface area contributed by atoms with Crippen LogP contribution >= 0.6 is 0 Å². The van der Waals surface area contributed by atoms with Gasteiger partial charge in [-0.1, -0.05) is 196 Å². The Kier molecular flexibility index (Phi) is 31.0. The lowest BCUT2D eigenvalue weighted by molar-refractivity contribution is -0.156. The van der Waals surface area contributed by atoms with Crippen LogP contribution in [-0.2, 0) is 23.8 Å². The van der Waals surface area contributed by atoms with Gasteiger partial charge >= 0.3 is 18.0 Å². The molecule has 0 aromatic heterocycles. The number of amides is 1. The number of nitrogens with one attached hydrogen (secondary N) is 1. The zero-order valence-corrected chi connectivity index (χ0v) is 43.2. The number of carbonyl (C=O) groups is 3. The van der Waals surface area contributed by atoms with Crippen LogP contribution in [0.4, 0.5) is 4.79 Å². The van der Waals surface area contributed by atoms with Gasteiger partial charge < -0.3 is 19.5 Å². The normalized spacial score (nSPS) is 13.4. The van der Waals surface area contributed by atoms with Crippen molar-refractivity contribution >= 4 is 18.0 Å². The van der Waals surface area contributed by atoms with E-state index in [9.17, 15) is 14.4 Å². The van der Waals surface area contributed by atoms with E-state index >= 15 is 0 Å². The lowest BCUT2D eigenvalue weighted by Gasteiger charge is -2.24. The summed E-state index contributed by atoms with van der Waals surface area (Å²) in [7, 11) is 0. The van der Waals surface area contributed by atoms with Gasteiger partial charge in [-0.15, -0.1) is 0 Å². The predicted molar refractivity (Wildman–Crippen MR) is 280 cm³/mol. The topological polar surface area (TPSA) is 90.9 Å². The van der Waals surface area contributed by atoms with Crippen LogP contribution in [0, 0.1) is 0 Å². The van der Waals surface area contributed by atoms with E-state index in [1.165, 1.54) is 141 Å². The zero-order valence-electron chi connectivity index (χ0n) is 43.2. The van der Waals surface area contributed by atoms with E-state index in [4.69, 9.17) is 14.2 Å². The van der Waals surface area contributed by atoms with Gasteiger partial charge in [0.25, 0.3) is 0 Å². The molecule has 0 fully saturated rings. The lowest BCUT2D eigenvalue weighted by Crippen LogP contribution is -2.44. The van der Waals surface area contributed by atoms with Crippen molar-refractivity contribution in [3.63, 3.8) is 0 Å². The van der Waals surface area contributed by atoms with Gasteiger partial charge in [0.05, 0.1) is 0 Å². The van der Waals surface area contributed by atoms with E-state index in [-0.39, 0.29) is 31.5 Å². The largest absolute Gasteiger partial charge is 0.461 e. The molecular formula is C60H95NO6. The van der Waals surface area contributed by atoms with Gasteiger partial charge in [-0.25, -0.2) is 9.59 Å². The first-order valence-electron chi connectivity index (χ1n) is 27.5. The van der Waals surface area contributed by atoms with Gasteiger partial charge in [-0.05, 0) is 126 Å². The molecule has 3 rings (SSSR count). The summed E-state index contributed by atoms with van der Waals surface area (Å²) in [6.07, 6.45) is 43.7. The smallest absolute Gasteiger partial charge is 0.407 e. The van der Waals surface area contributed by atoms with E-state index in [1.807, 2.05) is 45.0 Å². The maximum absolute atomic E-state index is 14.1. The first kappa shape index (κ1) is 57.4. The van der Waals surface area contributed by atoms with Gasteiger partial charge in [0.15, 0.2) is 0 Å². The van der Waals surface area contributed by atoms with Gasteiger partial charge in [0.1, 0.15) is 24.4 Å². The Bertz CT molecular complexity index is 1630. The number of hydrogen-bond donors (Lipinski definition) is 1. The summed E-state index contributed by atoms with van der Waals surface area (Å²) in [6, 6.07) is 15.4. The molecule has 2 atom stereocenters. The van der Waals surface area contributed by atoms with Crippen molar-refractivity contribution in [3.05, 3.63) is 84.0 Å². The molecule has 0 saturated carbocycles. The van der Waals surface area contributed by atoms with Crippen LogP contribution in [0.15, 0.2) is 72.8 Å². The fourth-order valence-corrected chi connectivity index (χ4v) is 9.26. The minimum Gasteiger partial charge on any atom is -0.461 e. The average molecular weight is 926 g/mol. The van der Waals surface area contributed by atoms with Gasteiger partial charge in [0, 0.05) is 12.3 Å². The second-order valence-electron chi connectivity index (χ2n) is 20.3. The number of unbranched alkanes of at least 4 members (excludes halogenated alkanes) is 23. The molecule has 1 aliphatic carbocycles. The molecule has 0 bridgehead atoms. The van der Waals surface area contributed by atoms with Crippen LogP contribution in [0.3, 0.4) is 0 Å². The molecule has 0 radical (unpaired) electrons. The highest BCUT2D eigenvalue weighted by Crippen LogP contribution is 2.44. The summed E-state index contributed by atoms with van der Waals surface area (Å²) in [5, 5.41) is 2.80. The number of rotatable bonds is 39. The van der Waals surface area contributed by atoms with Crippen molar-refractivity contribution < 1.29 is 28.6 Å². The molecule has 7 heteroatoms. The maximum atomic E-state index is 14.1. The Hall–Kier alpha value is -3.87. The van der Waals surface area contributed by atoms with Crippen LogP contribution in [0.2, 0.25) is 0 Å². The number of ether oxygens (including phenoxy) is 3. The SMILES string of the molecule is CCCCCCCC/C=C\CCCCCCCCC(CCCCCCC/C=C\CCCCCCCC)OC(=O)[C@H](CCC(=O)OC(C)(C)C)NC(=O)OCC1c2ccccc2-c2ccccc21. The third-order valence-electron chi connectivity index (χ3n) is 13.1. The first-order valence-corrected chi connectivity index (χ1v) is 27.5. The number of alkyl carbamates (subject to hydrolysis) is 1. The quantitative estimate of drug-likeness (QED) is 0.0311. The highest BCUT2D eigenvalue weighted by atomic mass is 16.6. The maximum Gasteiger partial charge on any atom is 0.407 e. The van der Waals surface area contributed by atoms with Crippen molar-refractivity contribution in [2.75, 3.05) is 6.61 Å². The third-order valence-corrected chi connectivity index (χ3v) is 13.1. The minimum absolute atomic E-state index is 0.0332. The zero-order chi connectivity index (χ0) is 48.2. The van der Waals surface area contributed by atoms with Crippen LogP contribution in [-0.4, -0.2) is 42.4 Å². The molecule has 2 aromatic rings. The van der Waals surface area contributed by atoms with Crippen molar-refractivity contribution in [3.8, 4) is 11.1 Å². The fraction of sp³-hybridized carbons (Fsp3) is 0.683. The van der Waals surface area contributed by atoms with Crippen LogP contribution in [0.25, 0.3) is 11.1 Å². The third kappa shape index (κ3) is 26.5. The van der Waals surface area contributed by atoms with Crippen LogP contribution in [0.5, 0.6) is 0 Å². The molecule has 7 nitrogen and oxygen atoms in total. The van der Waals surface area contributed by atoms with E-state index in [2.05, 4.69) is 67.7 Å². The number of allylic oxidation sites excluding steroid dienone is 4. The summed E-state index contributed by atoms with van der Waals surface area (Å²) in [5.74, 6) is -1.05. The second kappa shape index (κ2) is 36.2. The van der Waals surface area contributed by atoms with Crippen molar-refractivity contribution in [1.29, 1.82) is 0 Å². The van der Waals surface area contributed by atoms with Crippen molar-refractivity contribution in [2.24, 2.45) is 0 Å². The molecule has 1 unspecified atom stereocenters. The molecule has 0 aliphatic heterocycles. The Morgan fingerprint density at radius 1 is 0.552 bits per heavy atom.